The number of fused-ring (bicyclic) bond motifs is 1. The lowest BCUT2D eigenvalue weighted by Gasteiger charge is -2.42. The largest absolute Gasteiger partial charge is 0.381 e. The van der Waals surface area contributed by atoms with Crippen LogP contribution in [0.1, 0.15) is 89.9 Å². The predicted octanol–water partition coefficient (Wildman–Crippen LogP) is 5.28. The summed E-state index contributed by atoms with van der Waals surface area (Å²) >= 11 is 0. The minimum atomic E-state index is -2.66. The molecule has 3 aromatic rings. The van der Waals surface area contributed by atoms with Gasteiger partial charge in [-0.15, -0.1) is 10.2 Å². The summed E-state index contributed by atoms with van der Waals surface area (Å²) in [7, 11) is 1.91. The average molecular weight is 522 g/mol. The number of anilines is 1. The van der Waals surface area contributed by atoms with Gasteiger partial charge < -0.3 is 19.5 Å². The number of rotatable bonds is 8. The zero-order valence-corrected chi connectivity index (χ0v) is 22.0. The molecule has 38 heavy (non-hydrogen) atoms. The number of aromatic nitrogens is 3. The van der Waals surface area contributed by atoms with Crippen LogP contribution in [0.3, 0.4) is 0 Å². The van der Waals surface area contributed by atoms with Gasteiger partial charge in [0.1, 0.15) is 12.2 Å². The summed E-state index contributed by atoms with van der Waals surface area (Å²) in [4.78, 5) is 15.3. The average Bonchev–Trinajstić information content (AvgIpc) is 3.42. The van der Waals surface area contributed by atoms with Crippen LogP contribution in [0.25, 0.3) is 0 Å². The van der Waals surface area contributed by atoms with Crippen molar-refractivity contribution in [3.63, 3.8) is 0 Å². The molecule has 2 fully saturated rings. The highest BCUT2D eigenvalue weighted by Gasteiger charge is 2.38. The SMILES string of the molecule is C[C@H](NC1(C)CCC1)c1cc2c(c(C(F)F)c1)CN(c1cccc(C(c3nncn3C)C3COC3)c1)C2=O. The smallest absolute Gasteiger partial charge is 0.264 e. The van der Waals surface area contributed by atoms with Gasteiger partial charge in [-0.25, -0.2) is 8.78 Å². The molecule has 1 aliphatic carbocycles. The molecular formula is C29H33F2N5O2. The predicted molar refractivity (Wildman–Crippen MR) is 139 cm³/mol. The number of alkyl halides is 2. The summed E-state index contributed by atoms with van der Waals surface area (Å²) in [5.74, 6) is 0.793. The Morgan fingerprint density at radius 1 is 1.16 bits per heavy atom. The van der Waals surface area contributed by atoms with Crippen LogP contribution in [0.5, 0.6) is 0 Å². The van der Waals surface area contributed by atoms with Crippen LogP contribution in [0.4, 0.5) is 14.5 Å². The highest BCUT2D eigenvalue weighted by Crippen LogP contribution is 2.41. The van der Waals surface area contributed by atoms with Crippen LogP contribution in [0.15, 0.2) is 42.7 Å². The van der Waals surface area contributed by atoms with Crippen molar-refractivity contribution >= 4 is 11.6 Å². The number of carbonyl (C=O) groups excluding carboxylic acids is 1. The van der Waals surface area contributed by atoms with Gasteiger partial charge in [-0.3, -0.25) is 4.79 Å². The van der Waals surface area contributed by atoms with E-state index in [0.29, 0.717) is 30.0 Å². The van der Waals surface area contributed by atoms with Crippen LogP contribution in [-0.2, 0) is 18.3 Å². The van der Waals surface area contributed by atoms with Crippen molar-refractivity contribution in [1.29, 1.82) is 0 Å². The standard InChI is InChI=1S/C29H33F2N5O2/c1-17(33-29(2)8-5-9-29)19-11-22(26(30)31)24-13-36(28(37)23(24)12-19)21-7-4-6-18(10-21)25(20-14-38-15-20)27-34-32-16-35(27)3/h4,6-7,10-12,16-17,20,25-26,33H,5,8-9,13-15H2,1-3H3/t17-,25?/m0/s1. The molecule has 0 spiro atoms. The first-order chi connectivity index (χ1) is 18.2. The second kappa shape index (κ2) is 9.54. The first-order valence-electron chi connectivity index (χ1n) is 13.3. The van der Waals surface area contributed by atoms with Gasteiger partial charge in [0.05, 0.1) is 25.7 Å². The van der Waals surface area contributed by atoms with Crippen LogP contribution in [0, 0.1) is 5.92 Å². The number of amides is 1. The van der Waals surface area contributed by atoms with E-state index < -0.39 is 6.43 Å². The van der Waals surface area contributed by atoms with Gasteiger partial charge in [-0.2, -0.15) is 0 Å². The number of carbonyl (C=O) groups is 1. The van der Waals surface area contributed by atoms with Crippen molar-refractivity contribution in [3.8, 4) is 0 Å². The maximum absolute atomic E-state index is 14.3. The molecule has 1 unspecified atom stereocenters. The van der Waals surface area contributed by atoms with E-state index >= 15 is 0 Å². The number of benzene rings is 2. The summed E-state index contributed by atoms with van der Waals surface area (Å²) in [6.45, 7) is 5.53. The van der Waals surface area contributed by atoms with Crippen molar-refractivity contribution in [1.82, 2.24) is 20.1 Å². The molecule has 1 N–H and O–H groups in total. The molecule has 3 aliphatic rings. The van der Waals surface area contributed by atoms with Crippen LogP contribution in [0.2, 0.25) is 0 Å². The topological polar surface area (TPSA) is 72.3 Å². The molecule has 6 rings (SSSR count). The maximum Gasteiger partial charge on any atom is 0.264 e. The van der Waals surface area contributed by atoms with E-state index in [1.165, 1.54) is 6.42 Å². The molecule has 1 saturated heterocycles. The number of nitrogens with zero attached hydrogens (tertiary/aromatic N) is 4. The summed E-state index contributed by atoms with van der Waals surface area (Å²) in [5.41, 5.74) is 3.16. The van der Waals surface area contributed by atoms with E-state index in [0.717, 1.165) is 29.8 Å². The summed E-state index contributed by atoms with van der Waals surface area (Å²) in [6, 6.07) is 11.0. The van der Waals surface area contributed by atoms with Gasteiger partial charge in [-0.1, -0.05) is 12.1 Å². The monoisotopic (exact) mass is 521 g/mol. The molecule has 2 aliphatic heterocycles. The molecule has 2 aromatic carbocycles. The Morgan fingerprint density at radius 3 is 2.55 bits per heavy atom. The zero-order chi connectivity index (χ0) is 26.6. The third kappa shape index (κ3) is 4.31. The lowest BCUT2D eigenvalue weighted by atomic mass is 9.77. The highest BCUT2D eigenvalue weighted by molar-refractivity contribution is 6.10. The Hall–Kier alpha value is -3.17. The molecule has 1 amide bonds. The quantitative estimate of drug-likeness (QED) is 0.437. The fraction of sp³-hybridized carbons (Fsp3) is 0.483. The van der Waals surface area contributed by atoms with Gasteiger partial charge in [-0.05, 0) is 74.1 Å². The van der Waals surface area contributed by atoms with E-state index in [4.69, 9.17) is 4.74 Å². The van der Waals surface area contributed by atoms with E-state index in [1.54, 1.807) is 23.4 Å². The lowest BCUT2D eigenvalue weighted by Crippen LogP contribution is -2.49. The Bertz CT molecular complexity index is 1360. The molecule has 2 atom stereocenters. The number of aryl methyl sites for hydroxylation is 1. The Morgan fingerprint density at radius 2 is 1.95 bits per heavy atom. The van der Waals surface area contributed by atoms with Crippen LogP contribution < -0.4 is 10.2 Å². The molecule has 3 heterocycles. The van der Waals surface area contributed by atoms with Gasteiger partial charge in [0.25, 0.3) is 12.3 Å². The fourth-order valence-electron chi connectivity index (χ4n) is 6.11. The van der Waals surface area contributed by atoms with Gasteiger partial charge >= 0.3 is 0 Å². The Balaban J connectivity index is 1.33. The van der Waals surface area contributed by atoms with Gasteiger partial charge in [0.2, 0.25) is 0 Å². The summed E-state index contributed by atoms with van der Waals surface area (Å²) in [6.07, 6.45) is 2.32. The van der Waals surface area contributed by atoms with Crippen molar-refractivity contribution in [2.45, 2.75) is 63.6 Å². The second-order valence-corrected chi connectivity index (χ2v) is 11.3. The maximum atomic E-state index is 14.3. The first-order valence-corrected chi connectivity index (χ1v) is 13.3. The molecule has 0 bridgehead atoms. The van der Waals surface area contributed by atoms with Crippen LogP contribution in [-0.4, -0.2) is 39.4 Å². The van der Waals surface area contributed by atoms with E-state index in [1.807, 2.05) is 42.8 Å². The molecule has 200 valence electrons. The molecule has 7 nitrogen and oxygen atoms in total. The zero-order valence-electron chi connectivity index (χ0n) is 22.0. The molecular weight excluding hydrogens is 488 g/mol. The number of ether oxygens (including phenoxy) is 1. The molecule has 0 radical (unpaired) electrons. The van der Waals surface area contributed by atoms with Crippen molar-refractivity contribution < 1.29 is 18.3 Å². The second-order valence-electron chi connectivity index (χ2n) is 11.3. The number of nitrogens with one attached hydrogen (secondary N) is 1. The van der Waals surface area contributed by atoms with Gasteiger partial charge in [0.15, 0.2) is 0 Å². The number of hydrogen-bond donors (Lipinski definition) is 1. The molecule has 1 saturated carbocycles. The Labute approximate surface area is 221 Å². The number of halogens is 2. The normalized spacial score (nSPS) is 20.3. The first kappa shape index (κ1) is 25.1. The van der Waals surface area contributed by atoms with Gasteiger partial charge in [0, 0.05) is 41.4 Å². The van der Waals surface area contributed by atoms with E-state index in [-0.39, 0.29) is 41.4 Å². The Kier molecular flexibility index (Phi) is 6.31. The number of hydrogen-bond acceptors (Lipinski definition) is 5. The molecule has 9 heteroatoms. The van der Waals surface area contributed by atoms with Crippen molar-refractivity contribution in [3.05, 3.63) is 76.4 Å². The minimum absolute atomic E-state index is 0.0185. The molecule has 1 aromatic heterocycles. The third-order valence-corrected chi connectivity index (χ3v) is 8.56. The van der Waals surface area contributed by atoms with E-state index in [9.17, 15) is 13.6 Å². The van der Waals surface area contributed by atoms with Crippen molar-refractivity contribution in [2.75, 3.05) is 18.1 Å². The minimum Gasteiger partial charge on any atom is -0.381 e. The highest BCUT2D eigenvalue weighted by atomic mass is 19.3. The third-order valence-electron chi connectivity index (χ3n) is 8.56. The van der Waals surface area contributed by atoms with E-state index in [2.05, 4.69) is 22.4 Å². The summed E-state index contributed by atoms with van der Waals surface area (Å²) < 4.78 is 35.9. The lowest BCUT2D eigenvalue weighted by molar-refractivity contribution is -0.0407. The van der Waals surface area contributed by atoms with Crippen molar-refractivity contribution in [2.24, 2.45) is 13.0 Å². The van der Waals surface area contributed by atoms with Crippen LogP contribution >= 0.6 is 0 Å². The fourth-order valence-corrected chi connectivity index (χ4v) is 6.11. The summed E-state index contributed by atoms with van der Waals surface area (Å²) in [5, 5.41) is 12.0.